The SMILES string of the molecule is CC1=CN2C(=NC3C2C(=O)NC(=O)N3C)N1CCCN1CCC(C(N)=O)CC1. The summed E-state index contributed by atoms with van der Waals surface area (Å²) in [5.41, 5.74) is 6.44. The van der Waals surface area contributed by atoms with Crippen molar-refractivity contribution in [1.29, 1.82) is 0 Å². The van der Waals surface area contributed by atoms with E-state index in [4.69, 9.17) is 5.73 Å². The number of hydrogen-bond donors (Lipinski definition) is 2. The number of nitrogens with two attached hydrogens (primary N) is 1. The van der Waals surface area contributed by atoms with Crippen LogP contribution in [0.4, 0.5) is 4.79 Å². The summed E-state index contributed by atoms with van der Waals surface area (Å²) in [6, 6.07) is -0.922. The van der Waals surface area contributed by atoms with Crippen LogP contribution < -0.4 is 11.1 Å². The summed E-state index contributed by atoms with van der Waals surface area (Å²) in [7, 11) is 1.66. The number of nitrogens with zero attached hydrogens (tertiary/aromatic N) is 5. The summed E-state index contributed by atoms with van der Waals surface area (Å²) in [6.07, 6.45) is 4.05. The number of piperidine rings is 1. The Morgan fingerprint density at radius 1 is 1.29 bits per heavy atom. The van der Waals surface area contributed by atoms with E-state index in [2.05, 4.69) is 20.1 Å². The van der Waals surface area contributed by atoms with Gasteiger partial charge in [-0.2, -0.15) is 0 Å². The van der Waals surface area contributed by atoms with E-state index in [0.717, 1.165) is 57.1 Å². The van der Waals surface area contributed by atoms with Gasteiger partial charge in [0.15, 0.2) is 12.2 Å². The molecule has 3 N–H and O–H groups in total. The number of likely N-dealkylation sites (tertiary alicyclic amines) is 1. The number of guanidine groups is 1. The standard InChI is InChI=1S/C18H27N7O3/c1-11-10-25-13-15(22(2)18(28)21-16(13)27)20-17(25)24(11)7-3-6-23-8-4-12(5-9-23)14(19)26/h10,12-13,15H,3-9H2,1-2H3,(H2,19,26)(H,21,27,28). The van der Waals surface area contributed by atoms with Gasteiger partial charge in [-0.1, -0.05) is 0 Å². The Balaban J connectivity index is 1.35. The van der Waals surface area contributed by atoms with Crippen molar-refractivity contribution < 1.29 is 14.4 Å². The third-order valence-electron chi connectivity index (χ3n) is 6.12. The zero-order chi connectivity index (χ0) is 20.0. The highest BCUT2D eigenvalue weighted by Gasteiger charge is 2.51. The van der Waals surface area contributed by atoms with Crippen molar-refractivity contribution in [1.82, 2.24) is 24.9 Å². The van der Waals surface area contributed by atoms with Crippen LogP contribution in [0, 0.1) is 5.92 Å². The van der Waals surface area contributed by atoms with E-state index < -0.39 is 18.2 Å². The maximum absolute atomic E-state index is 12.3. The fraction of sp³-hybridized carbons (Fsp3) is 0.667. The minimum absolute atomic E-state index is 0.00982. The van der Waals surface area contributed by atoms with E-state index in [9.17, 15) is 14.4 Å². The number of nitrogens with one attached hydrogen (secondary N) is 1. The number of carbonyl (C=O) groups excluding carboxylic acids is 3. The van der Waals surface area contributed by atoms with Crippen LogP contribution in [0.2, 0.25) is 0 Å². The summed E-state index contributed by atoms with van der Waals surface area (Å²) in [5.74, 6) is 0.244. The molecule has 2 atom stereocenters. The number of fused-ring (bicyclic) bond motifs is 3. The molecule has 4 amide bonds. The number of primary amides is 1. The normalized spacial score (nSPS) is 28.1. The van der Waals surface area contributed by atoms with E-state index in [0.29, 0.717) is 0 Å². The van der Waals surface area contributed by atoms with Crippen molar-refractivity contribution in [3.8, 4) is 0 Å². The number of hydrogen-bond acceptors (Lipinski definition) is 7. The quantitative estimate of drug-likeness (QED) is 0.643. The molecule has 0 saturated carbocycles. The monoisotopic (exact) mass is 389 g/mol. The van der Waals surface area contributed by atoms with Gasteiger partial charge in [0.1, 0.15) is 0 Å². The Hall–Kier alpha value is -2.62. The van der Waals surface area contributed by atoms with Crippen LogP contribution in [0.3, 0.4) is 0 Å². The smallest absolute Gasteiger partial charge is 0.325 e. The van der Waals surface area contributed by atoms with Gasteiger partial charge < -0.3 is 25.3 Å². The van der Waals surface area contributed by atoms with Crippen LogP contribution in [0.1, 0.15) is 26.2 Å². The number of likely N-dealkylation sites (N-methyl/N-ethyl adjacent to an activating group) is 1. The van der Waals surface area contributed by atoms with E-state index in [1.54, 1.807) is 7.05 Å². The first-order chi connectivity index (χ1) is 13.4. The van der Waals surface area contributed by atoms with Gasteiger partial charge in [0.05, 0.1) is 0 Å². The average molecular weight is 389 g/mol. The summed E-state index contributed by atoms with van der Waals surface area (Å²) >= 11 is 0. The fourth-order valence-electron chi connectivity index (χ4n) is 4.42. The lowest BCUT2D eigenvalue weighted by Crippen LogP contribution is -2.62. The molecule has 0 radical (unpaired) electrons. The maximum atomic E-state index is 12.3. The topological polar surface area (TPSA) is 115 Å². The average Bonchev–Trinajstić information content (AvgIpc) is 3.16. The van der Waals surface area contributed by atoms with Crippen molar-refractivity contribution in [3.63, 3.8) is 0 Å². The van der Waals surface area contributed by atoms with Crippen LogP contribution >= 0.6 is 0 Å². The molecule has 2 unspecified atom stereocenters. The molecule has 0 aromatic heterocycles. The van der Waals surface area contributed by atoms with Crippen LogP contribution in [-0.4, -0.2) is 88.8 Å². The zero-order valence-corrected chi connectivity index (χ0v) is 16.3. The molecular weight excluding hydrogens is 362 g/mol. The summed E-state index contributed by atoms with van der Waals surface area (Å²) in [6.45, 7) is 5.52. The maximum Gasteiger partial charge on any atom is 0.325 e. The Bertz CT molecular complexity index is 756. The molecule has 10 heteroatoms. The number of aliphatic imine (C=N–C) groups is 1. The van der Waals surface area contributed by atoms with Crippen molar-refractivity contribution in [3.05, 3.63) is 11.9 Å². The Morgan fingerprint density at radius 2 is 2.00 bits per heavy atom. The van der Waals surface area contributed by atoms with Crippen molar-refractivity contribution >= 4 is 23.8 Å². The Kier molecular flexibility index (Phi) is 4.74. The number of allylic oxidation sites excluding steroid dienone is 1. The van der Waals surface area contributed by atoms with Gasteiger partial charge in [-0.25, -0.2) is 9.79 Å². The van der Waals surface area contributed by atoms with Gasteiger partial charge in [-0.3, -0.25) is 14.9 Å². The third kappa shape index (κ3) is 3.11. The molecule has 152 valence electrons. The summed E-state index contributed by atoms with van der Waals surface area (Å²) < 4.78 is 0. The molecule has 0 aromatic rings. The number of rotatable bonds is 5. The minimum Gasteiger partial charge on any atom is -0.369 e. The largest absolute Gasteiger partial charge is 0.369 e. The predicted molar refractivity (Wildman–Crippen MR) is 102 cm³/mol. The second-order valence-electron chi connectivity index (χ2n) is 7.89. The molecule has 10 nitrogen and oxygen atoms in total. The number of imide groups is 1. The highest BCUT2D eigenvalue weighted by atomic mass is 16.2. The number of carbonyl (C=O) groups is 3. The summed E-state index contributed by atoms with van der Waals surface area (Å²) in [5, 5.41) is 2.39. The second kappa shape index (κ2) is 7.08. The molecule has 28 heavy (non-hydrogen) atoms. The molecule has 4 aliphatic heterocycles. The first-order valence-corrected chi connectivity index (χ1v) is 9.78. The fourth-order valence-corrected chi connectivity index (χ4v) is 4.42. The van der Waals surface area contributed by atoms with Crippen LogP contribution in [0.25, 0.3) is 0 Å². The number of amides is 4. The molecule has 2 saturated heterocycles. The van der Waals surface area contributed by atoms with Gasteiger partial charge in [0, 0.05) is 31.4 Å². The van der Waals surface area contributed by atoms with Gasteiger partial charge in [-0.05, 0) is 45.8 Å². The molecule has 4 heterocycles. The second-order valence-corrected chi connectivity index (χ2v) is 7.89. The molecular formula is C18H27N7O3. The van der Waals surface area contributed by atoms with Gasteiger partial charge in [0.25, 0.3) is 5.91 Å². The van der Waals surface area contributed by atoms with Crippen LogP contribution in [-0.2, 0) is 9.59 Å². The highest BCUT2D eigenvalue weighted by molar-refractivity contribution is 6.04. The highest BCUT2D eigenvalue weighted by Crippen LogP contribution is 2.31. The molecule has 0 spiro atoms. The van der Waals surface area contributed by atoms with Crippen molar-refractivity contribution in [2.24, 2.45) is 16.6 Å². The molecule has 0 bridgehead atoms. The van der Waals surface area contributed by atoms with Crippen LogP contribution in [0.15, 0.2) is 16.9 Å². The third-order valence-corrected chi connectivity index (χ3v) is 6.12. The molecule has 2 fully saturated rings. The lowest BCUT2D eigenvalue weighted by molar-refractivity contribution is -0.126. The molecule has 4 rings (SSSR count). The molecule has 0 aliphatic carbocycles. The predicted octanol–water partition coefficient (Wildman–Crippen LogP) is -0.701. The van der Waals surface area contributed by atoms with E-state index in [1.807, 2.05) is 18.0 Å². The summed E-state index contributed by atoms with van der Waals surface area (Å²) in [4.78, 5) is 48.0. The van der Waals surface area contributed by atoms with E-state index in [-0.39, 0.29) is 17.7 Å². The van der Waals surface area contributed by atoms with Gasteiger partial charge in [-0.15, -0.1) is 0 Å². The van der Waals surface area contributed by atoms with E-state index in [1.165, 1.54) is 4.90 Å². The van der Waals surface area contributed by atoms with Crippen molar-refractivity contribution in [2.45, 2.75) is 38.4 Å². The Morgan fingerprint density at radius 3 is 2.68 bits per heavy atom. The first-order valence-electron chi connectivity index (χ1n) is 9.78. The zero-order valence-electron chi connectivity index (χ0n) is 16.3. The van der Waals surface area contributed by atoms with Crippen molar-refractivity contribution in [2.75, 3.05) is 33.2 Å². The van der Waals surface area contributed by atoms with Gasteiger partial charge >= 0.3 is 6.03 Å². The van der Waals surface area contributed by atoms with E-state index >= 15 is 0 Å². The van der Waals surface area contributed by atoms with Gasteiger partial charge in [0.2, 0.25) is 11.9 Å². The number of urea groups is 1. The lowest BCUT2D eigenvalue weighted by atomic mass is 9.96. The minimum atomic E-state index is -0.509. The first kappa shape index (κ1) is 18.7. The van der Waals surface area contributed by atoms with Crippen LogP contribution in [0.5, 0.6) is 0 Å². The molecule has 4 aliphatic rings. The lowest BCUT2D eigenvalue weighted by Gasteiger charge is -2.34. The molecule has 0 aromatic carbocycles. The Labute approximate surface area is 164 Å².